The second-order valence-electron chi connectivity index (χ2n) is 2.40. The average Bonchev–Trinajstić information content (AvgIpc) is 2.09. The summed E-state index contributed by atoms with van der Waals surface area (Å²) in [6, 6.07) is 0. The first-order valence-electron chi connectivity index (χ1n) is 3.28. The Hall–Kier alpha value is 0.538. The first-order valence-corrected chi connectivity index (χ1v) is 6.70. The molecule has 8 heteroatoms. The third kappa shape index (κ3) is 8.86. The van der Waals surface area contributed by atoms with E-state index in [4.69, 9.17) is 30.6 Å². The maximum atomic E-state index is 8.50. The van der Waals surface area contributed by atoms with Crippen molar-refractivity contribution in [3.05, 3.63) is 0 Å². The average molecular weight is 309 g/mol. The molecular weight excluding hydrogens is 294 g/mol. The molecule has 0 unspecified atom stereocenters. The van der Waals surface area contributed by atoms with E-state index in [1.165, 1.54) is 0 Å². The Balaban J connectivity index is 0. The fourth-order valence-electron chi connectivity index (χ4n) is 0.300. The van der Waals surface area contributed by atoms with Crippen LogP contribution in [-0.4, -0.2) is 78.5 Å². The zero-order valence-corrected chi connectivity index (χ0v) is 9.46. The molecule has 0 aromatic rings. The van der Waals surface area contributed by atoms with Crippen molar-refractivity contribution in [3.63, 3.8) is 0 Å². The van der Waals surface area contributed by atoms with Crippen molar-refractivity contribution in [2.24, 2.45) is 5.41 Å². The molecule has 0 spiro atoms. The normalized spacial score (nSPS) is 11.1. The molecule has 0 aliphatic carbocycles. The quantitative estimate of drug-likeness (QED) is 0.262. The van der Waals surface area contributed by atoms with E-state index in [0.717, 1.165) is 0 Å². The van der Waals surface area contributed by atoms with E-state index in [2.05, 4.69) is 0 Å². The predicted molar refractivity (Wildman–Crippen MR) is 43.2 cm³/mol. The van der Waals surface area contributed by atoms with Crippen LogP contribution in [0.2, 0.25) is 0 Å². The third-order valence-corrected chi connectivity index (χ3v) is 1.34. The predicted octanol–water partition coefficient (Wildman–Crippen LogP) is -4.11. The van der Waals surface area contributed by atoms with E-state index in [-0.39, 0.29) is 0 Å². The molecule has 0 radical (unpaired) electrons. The summed E-state index contributed by atoms with van der Waals surface area (Å²) in [5.41, 5.74) is -1.11. The van der Waals surface area contributed by atoms with Crippen molar-refractivity contribution < 1.29 is 30.6 Å². The summed E-state index contributed by atoms with van der Waals surface area (Å²) in [7, 11) is 0. The Bertz CT molecular complexity index is 84.8. The number of hydrogen-bond donors (Lipinski definition) is 7. The summed E-state index contributed by atoms with van der Waals surface area (Å²) in [4.78, 5) is 0. The fourth-order valence-corrected chi connectivity index (χ4v) is 0.300. The van der Waals surface area contributed by atoms with Crippen LogP contribution in [0.25, 0.3) is 0 Å². The van der Waals surface area contributed by atoms with Gasteiger partial charge in [0.1, 0.15) is 0 Å². The summed E-state index contributed by atoms with van der Waals surface area (Å²) in [5.74, 6) is 0. The second-order valence-corrected chi connectivity index (χ2v) is 3.93. The molecule has 0 atom stereocenters. The van der Waals surface area contributed by atoms with Gasteiger partial charge in [0.15, 0.2) is 0 Å². The first kappa shape index (κ1) is 16.0. The zero-order chi connectivity index (χ0) is 10.9. The summed E-state index contributed by atoms with van der Waals surface area (Å²) in [6.45, 7) is -1.62. The summed E-state index contributed by atoms with van der Waals surface area (Å²) in [5, 5.41) is 34.0. The summed E-state index contributed by atoms with van der Waals surface area (Å²) in [6.07, 6.45) is 0. The van der Waals surface area contributed by atoms with Crippen LogP contribution in [0.1, 0.15) is 0 Å². The summed E-state index contributed by atoms with van der Waals surface area (Å²) < 4.78 is 22.0. The van der Waals surface area contributed by atoms with E-state index >= 15 is 0 Å². The van der Waals surface area contributed by atoms with Crippen LogP contribution in [0, 0.1) is 5.41 Å². The van der Waals surface area contributed by atoms with Crippen LogP contribution in [0.15, 0.2) is 0 Å². The zero-order valence-electron chi connectivity index (χ0n) is 6.91. The molecule has 0 fully saturated rings. The molecule has 0 saturated heterocycles. The Labute approximate surface area is 84.2 Å². The van der Waals surface area contributed by atoms with E-state index in [1.807, 2.05) is 0 Å². The molecule has 0 aromatic carbocycles. The third-order valence-electron chi connectivity index (χ3n) is 1.34. The topological polar surface area (TPSA) is 142 Å². The molecular formula is C5H15O7Sb. The van der Waals surface area contributed by atoms with Gasteiger partial charge in [-0.3, -0.25) is 0 Å². The van der Waals surface area contributed by atoms with Crippen LogP contribution in [-0.2, 0) is 0 Å². The van der Waals surface area contributed by atoms with E-state index in [0.29, 0.717) is 0 Å². The van der Waals surface area contributed by atoms with Gasteiger partial charge in [0.2, 0.25) is 0 Å². The standard InChI is InChI=1S/C5H12O4.3H2O.Sb/c6-1-5(2-7,3-8)4-9;;;;/h6-9H,1-4H2;3*1H2;/q;;;;+3/p-3. The molecule has 7 nitrogen and oxygen atoms in total. The van der Waals surface area contributed by atoms with Crippen molar-refractivity contribution >= 4 is 21.5 Å². The van der Waals surface area contributed by atoms with Gasteiger partial charge in [-0.25, -0.2) is 0 Å². The summed E-state index contributed by atoms with van der Waals surface area (Å²) >= 11 is -3.45. The van der Waals surface area contributed by atoms with Crippen molar-refractivity contribution in [2.75, 3.05) is 26.4 Å². The number of aliphatic hydroxyl groups excluding tert-OH is 4. The minimum absolute atomic E-state index is 0.406. The van der Waals surface area contributed by atoms with Gasteiger partial charge >= 0.3 is 31.6 Å². The molecule has 13 heavy (non-hydrogen) atoms. The molecule has 0 rings (SSSR count). The van der Waals surface area contributed by atoms with Gasteiger partial charge in [0.05, 0.1) is 31.8 Å². The van der Waals surface area contributed by atoms with Gasteiger partial charge in [-0.1, -0.05) is 0 Å². The van der Waals surface area contributed by atoms with E-state index < -0.39 is 53.3 Å². The van der Waals surface area contributed by atoms with Crippen molar-refractivity contribution in [3.8, 4) is 0 Å². The molecule has 0 aliphatic rings. The molecule has 82 valence electrons. The number of hydrogen-bond acceptors (Lipinski definition) is 7. The van der Waals surface area contributed by atoms with Crippen molar-refractivity contribution in [1.82, 2.24) is 0 Å². The van der Waals surface area contributed by atoms with Gasteiger partial charge in [-0.15, -0.1) is 0 Å². The minimum atomic E-state index is -3.45. The van der Waals surface area contributed by atoms with Crippen LogP contribution in [0.5, 0.6) is 0 Å². The maximum absolute atomic E-state index is 8.50. The molecule has 7 N–H and O–H groups in total. The van der Waals surface area contributed by atoms with Gasteiger partial charge in [-0.05, 0) is 0 Å². The molecule has 0 amide bonds. The van der Waals surface area contributed by atoms with Gasteiger partial charge in [0.25, 0.3) is 0 Å². The molecule has 0 saturated carbocycles. The molecule has 0 aromatic heterocycles. The van der Waals surface area contributed by atoms with E-state index in [1.54, 1.807) is 0 Å². The molecule has 0 heterocycles. The van der Waals surface area contributed by atoms with Crippen LogP contribution in [0.4, 0.5) is 0 Å². The van der Waals surface area contributed by atoms with E-state index in [9.17, 15) is 0 Å². The SMILES string of the molecule is OCC(CO)(CO)CO.[OH][Sb]([OH])[OH]. The monoisotopic (exact) mass is 308 g/mol. The fraction of sp³-hybridized carbons (Fsp3) is 1.00. The van der Waals surface area contributed by atoms with Crippen molar-refractivity contribution in [1.29, 1.82) is 0 Å². The molecule has 0 bridgehead atoms. The number of rotatable bonds is 4. The van der Waals surface area contributed by atoms with Crippen LogP contribution in [0.3, 0.4) is 0 Å². The first-order chi connectivity index (χ1) is 5.97. The molecule has 0 aliphatic heterocycles. The Morgan fingerprint density at radius 3 is 0.846 bits per heavy atom. The van der Waals surface area contributed by atoms with Crippen LogP contribution >= 0.6 is 0 Å². The van der Waals surface area contributed by atoms with Gasteiger partial charge < -0.3 is 20.4 Å². The second kappa shape index (κ2) is 9.11. The Kier molecular flexibility index (Phi) is 11.2. The van der Waals surface area contributed by atoms with Crippen molar-refractivity contribution in [2.45, 2.75) is 0 Å². The van der Waals surface area contributed by atoms with Gasteiger partial charge in [0, 0.05) is 0 Å². The van der Waals surface area contributed by atoms with Crippen LogP contribution < -0.4 is 0 Å². The number of aliphatic hydroxyl groups is 4. The Morgan fingerprint density at radius 2 is 0.846 bits per heavy atom. The Morgan fingerprint density at radius 1 is 0.692 bits per heavy atom. The van der Waals surface area contributed by atoms with Gasteiger partial charge in [-0.2, -0.15) is 0 Å².